The van der Waals surface area contributed by atoms with Crippen LogP contribution in [0, 0.1) is 0 Å². The van der Waals surface area contributed by atoms with Gasteiger partial charge in [0.25, 0.3) is 0 Å². The van der Waals surface area contributed by atoms with E-state index in [1.165, 1.54) is 0 Å². The maximum absolute atomic E-state index is 12.4. The molecule has 14 heteroatoms. The topological polar surface area (TPSA) is 30.8 Å². The number of nitrogens with zero attached hydrogens (tertiary/aromatic N) is 1. The highest BCUT2D eigenvalue weighted by atomic mass is 31.1. The van der Waals surface area contributed by atoms with E-state index in [-0.39, 0.29) is 0 Å². The molecular weight excluding hydrogens is 351 g/mol. The van der Waals surface area contributed by atoms with Gasteiger partial charge < -0.3 is 0 Å². The van der Waals surface area contributed by atoms with Crippen LogP contribution in [0.5, 0.6) is 0 Å². The van der Waals surface area contributed by atoms with Crippen molar-refractivity contribution < 1.29 is 53.0 Å². The van der Waals surface area contributed by atoms with Crippen LogP contribution in [0.2, 0.25) is 0 Å². The summed E-state index contributed by atoms with van der Waals surface area (Å²) in [5, 5.41) is 0. The third kappa shape index (κ3) is 5.91. The molecule has 0 saturated carbocycles. The molecule has 3 nitrogen and oxygen atoms in total. The Morgan fingerprint density at radius 2 is 1.00 bits per heavy atom. The molecule has 0 fully saturated rings. The van der Waals surface area contributed by atoms with Crippen LogP contribution in [-0.2, 0) is 9.05 Å². The Labute approximate surface area is 111 Å². The third-order valence-corrected chi connectivity index (χ3v) is 2.73. The Hall–Kier alpha value is -0.680. The highest BCUT2D eigenvalue weighted by Crippen LogP contribution is 2.41. The fourth-order valence-corrected chi connectivity index (χ4v) is 1.44. The Morgan fingerprint density at radius 3 is 1.19 bits per heavy atom. The summed E-state index contributed by atoms with van der Waals surface area (Å²) in [6, 6.07) is 0. The van der Waals surface area contributed by atoms with Crippen LogP contribution in [-0.4, -0.2) is 44.5 Å². The van der Waals surface area contributed by atoms with Crippen LogP contribution in [0.3, 0.4) is 0 Å². The van der Waals surface area contributed by atoms with E-state index in [1.807, 2.05) is 0 Å². The summed E-state index contributed by atoms with van der Waals surface area (Å²) in [5.41, 5.74) is 0. The van der Waals surface area contributed by atoms with Crippen molar-refractivity contribution >= 4 is 8.17 Å². The van der Waals surface area contributed by atoms with Gasteiger partial charge in [-0.2, -0.15) is 43.9 Å². The molecule has 0 radical (unpaired) electrons. The first kappa shape index (κ1) is 20.3. The first-order valence-corrected chi connectivity index (χ1v) is 5.82. The van der Waals surface area contributed by atoms with Gasteiger partial charge in [0.15, 0.2) is 13.2 Å². The van der Waals surface area contributed by atoms with Crippen molar-refractivity contribution in [1.29, 1.82) is 0 Å². The Bertz CT molecular complexity index is 345. The van der Waals surface area contributed by atoms with Crippen molar-refractivity contribution in [1.82, 2.24) is 0 Å². The first-order valence-electron chi connectivity index (χ1n) is 4.69. The normalized spacial score (nSPS) is 14.2. The SMILES string of the molecule is CN=[P+](OCC(F)(F)C(F)(F)F)OCC(F)(F)C(F)(F)F. The van der Waals surface area contributed by atoms with Gasteiger partial charge in [-0.25, -0.2) is 0 Å². The summed E-state index contributed by atoms with van der Waals surface area (Å²) in [4.78, 5) is 0. The lowest BCUT2D eigenvalue weighted by Gasteiger charge is -2.17. The van der Waals surface area contributed by atoms with Crippen molar-refractivity contribution in [2.75, 3.05) is 20.3 Å². The molecule has 0 rings (SSSR count). The zero-order valence-electron chi connectivity index (χ0n) is 9.90. The molecule has 0 saturated heterocycles. The van der Waals surface area contributed by atoms with Gasteiger partial charge >= 0.3 is 32.4 Å². The smallest absolute Gasteiger partial charge is 0.193 e. The molecule has 21 heavy (non-hydrogen) atoms. The van der Waals surface area contributed by atoms with E-state index in [1.54, 1.807) is 0 Å². The average molecular weight is 358 g/mol. The lowest BCUT2D eigenvalue weighted by atomic mass is 10.3. The van der Waals surface area contributed by atoms with E-state index in [0.717, 1.165) is 7.05 Å². The summed E-state index contributed by atoms with van der Waals surface area (Å²) in [7, 11) is -2.39. The van der Waals surface area contributed by atoms with Gasteiger partial charge in [-0.1, -0.05) is 4.74 Å². The van der Waals surface area contributed by atoms with Gasteiger partial charge in [-0.05, 0) is 0 Å². The van der Waals surface area contributed by atoms with Crippen molar-refractivity contribution in [2.24, 2.45) is 4.74 Å². The molecule has 0 aromatic rings. The number of rotatable bonds is 6. The molecule has 0 aliphatic heterocycles. The zero-order valence-corrected chi connectivity index (χ0v) is 10.8. The van der Waals surface area contributed by atoms with Crippen LogP contribution >= 0.6 is 8.17 Å². The Morgan fingerprint density at radius 1 is 0.714 bits per heavy atom. The number of hydrogen-bond acceptors (Lipinski definition) is 3. The predicted octanol–water partition coefficient (Wildman–Crippen LogP) is 4.54. The lowest BCUT2D eigenvalue weighted by Crippen LogP contribution is -2.41. The second kappa shape index (κ2) is 6.61. The van der Waals surface area contributed by atoms with Crippen molar-refractivity contribution in [3.05, 3.63) is 0 Å². The van der Waals surface area contributed by atoms with Crippen LogP contribution in [0.15, 0.2) is 4.74 Å². The van der Waals surface area contributed by atoms with Gasteiger partial charge in [-0.15, -0.1) is 9.05 Å². The second-order valence-corrected chi connectivity index (χ2v) is 4.78. The van der Waals surface area contributed by atoms with Crippen LogP contribution in [0.25, 0.3) is 0 Å². The molecule has 0 amide bonds. The van der Waals surface area contributed by atoms with E-state index in [0.29, 0.717) is 0 Å². The Balaban J connectivity index is 4.59. The van der Waals surface area contributed by atoms with E-state index in [9.17, 15) is 43.9 Å². The summed E-state index contributed by atoms with van der Waals surface area (Å²) in [6.45, 7) is -4.64. The monoisotopic (exact) mass is 358 g/mol. The highest BCUT2D eigenvalue weighted by Gasteiger charge is 2.61. The molecule has 0 bridgehead atoms. The molecule has 0 aromatic carbocycles. The highest BCUT2D eigenvalue weighted by molar-refractivity contribution is 7.36. The van der Waals surface area contributed by atoms with Crippen molar-refractivity contribution in [3.63, 3.8) is 0 Å². The molecule has 0 atom stereocenters. The lowest BCUT2D eigenvalue weighted by molar-refractivity contribution is -0.293. The summed E-state index contributed by atoms with van der Waals surface area (Å²) >= 11 is 0. The number of halogens is 10. The molecule has 0 aliphatic carbocycles. The van der Waals surface area contributed by atoms with Gasteiger partial charge in [0.2, 0.25) is 0 Å². The van der Waals surface area contributed by atoms with Crippen molar-refractivity contribution in [2.45, 2.75) is 24.2 Å². The van der Waals surface area contributed by atoms with Gasteiger partial charge in [0, 0.05) is 0 Å². The van der Waals surface area contributed by atoms with Gasteiger partial charge in [-0.3, -0.25) is 0 Å². The van der Waals surface area contributed by atoms with Gasteiger partial charge in [0.05, 0.1) is 7.05 Å². The maximum atomic E-state index is 12.4. The molecule has 0 spiro atoms. The van der Waals surface area contributed by atoms with E-state index < -0.39 is 45.6 Å². The minimum atomic E-state index is -5.97. The van der Waals surface area contributed by atoms with E-state index >= 15 is 0 Å². The molecule has 0 heterocycles. The molecule has 0 N–H and O–H groups in total. The molecule has 0 aliphatic rings. The van der Waals surface area contributed by atoms with Crippen LogP contribution < -0.4 is 0 Å². The quantitative estimate of drug-likeness (QED) is 0.516. The van der Waals surface area contributed by atoms with E-state index in [4.69, 9.17) is 0 Å². The third-order valence-electron chi connectivity index (χ3n) is 1.71. The molecule has 126 valence electrons. The average Bonchev–Trinajstić information content (AvgIpc) is 2.26. The molecule has 0 aromatic heterocycles. The Kier molecular flexibility index (Phi) is 6.40. The zero-order chi connectivity index (χ0) is 17.1. The van der Waals surface area contributed by atoms with E-state index in [2.05, 4.69) is 13.8 Å². The first-order chi connectivity index (χ1) is 9.14. The summed E-state index contributed by atoms with van der Waals surface area (Å²) in [6.07, 6.45) is -11.9. The van der Waals surface area contributed by atoms with Crippen LogP contribution in [0.4, 0.5) is 43.9 Å². The standard InChI is InChI=1S/C7H7F10NO2P/c1-18-21(19-2-4(8,9)6(12,13)14)20-3-5(10,11)7(15,16)17/h2-3H2,1H3/q+1. The molecular formula is C7H7F10NO2P+. The fraction of sp³-hybridized carbons (Fsp3) is 1.00. The minimum absolute atomic E-state index is 0.725. The predicted molar refractivity (Wildman–Crippen MR) is 49.2 cm³/mol. The largest absolute Gasteiger partial charge is 0.559 e. The van der Waals surface area contributed by atoms with Crippen molar-refractivity contribution in [3.8, 4) is 0 Å². The summed E-state index contributed by atoms with van der Waals surface area (Å²) < 4.78 is 131. The fourth-order valence-electron chi connectivity index (χ4n) is 0.589. The van der Waals surface area contributed by atoms with Gasteiger partial charge in [0.1, 0.15) is 0 Å². The number of hydrogen-bond donors (Lipinski definition) is 0. The molecule has 0 unspecified atom stereocenters. The van der Waals surface area contributed by atoms with Crippen LogP contribution in [0.1, 0.15) is 0 Å². The second-order valence-electron chi connectivity index (χ2n) is 3.39. The minimum Gasteiger partial charge on any atom is -0.193 e. The maximum Gasteiger partial charge on any atom is 0.559 e. The summed E-state index contributed by atoms with van der Waals surface area (Å²) in [5.74, 6) is -10.7. The number of alkyl halides is 10.